The molecule has 34 heavy (non-hydrogen) atoms. The Morgan fingerprint density at radius 3 is 2.56 bits per heavy atom. The lowest BCUT2D eigenvalue weighted by molar-refractivity contribution is -0.128. The monoisotopic (exact) mass is 460 g/mol. The number of amides is 1. The fraction of sp³-hybridized carbons (Fsp3) is 0.464. The summed E-state index contributed by atoms with van der Waals surface area (Å²) in [5.74, 6) is 1.60. The number of rotatable bonds is 7. The second kappa shape index (κ2) is 10.5. The molecule has 1 N–H and O–H groups in total. The first-order chi connectivity index (χ1) is 16.3. The van der Waals surface area contributed by atoms with Crippen molar-refractivity contribution in [2.24, 2.45) is 11.8 Å². The average Bonchev–Trinajstić information content (AvgIpc) is 3.26. The minimum atomic E-state index is -0.0414. The van der Waals surface area contributed by atoms with Crippen LogP contribution in [0.4, 0.5) is 0 Å². The molecule has 0 bridgehead atoms. The number of hydrogen-bond acceptors (Lipinski definition) is 5. The van der Waals surface area contributed by atoms with E-state index < -0.39 is 0 Å². The number of piperidine rings is 1. The highest BCUT2D eigenvalue weighted by Crippen LogP contribution is 2.27. The summed E-state index contributed by atoms with van der Waals surface area (Å²) in [6.45, 7) is 12.8. The molecule has 0 radical (unpaired) electrons. The Balaban J connectivity index is 1.39. The molecular weight excluding hydrogens is 424 g/mol. The highest BCUT2D eigenvalue weighted by molar-refractivity contribution is 5.79. The summed E-state index contributed by atoms with van der Waals surface area (Å²) in [4.78, 5) is 20.1. The summed E-state index contributed by atoms with van der Waals surface area (Å²) in [6, 6.07) is 14.6. The van der Waals surface area contributed by atoms with E-state index in [9.17, 15) is 4.79 Å². The molecule has 2 aromatic carbocycles. The number of nitrogens with one attached hydrogen (secondary N) is 1. The quantitative estimate of drug-likeness (QED) is 0.512. The van der Waals surface area contributed by atoms with E-state index in [0.29, 0.717) is 30.7 Å². The van der Waals surface area contributed by atoms with Crippen LogP contribution in [0.1, 0.15) is 60.9 Å². The molecule has 4 rings (SSSR count). The van der Waals surface area contributed by atoms with Crippen molar-refractivity contribution in [3.63, 3.8) is 0 Å². The maximum Gasteiger partial charge on any atom is 0.241 e. The third-order valence-electron chi connectivity index (χ3n) is 6.74. The van der Waals surface area contributed by atoms with Gasteiger partial charge in [0.2, 0.25) is 17.6 Å². The van der Waals surface area contributed by atoms with Crippen molar-refractivity contribution in [2.75, 3.05) is 13.1 Å². The molecule has 2 unspecified atom stereocenters. The highest BCUT2D eigenvalue weighted by atomic mass is 16.5. The molecule has 1 saturated heterocycles. The van der Waals surface area contributed by atoms with Crippen molar-refractivity contribution in [1.29, 1.82) is 0 Å². The van der Waals surface area contributed by atoms with Crippen molar-refractivity contribution in [3.05, 3.63) is 70.6 Å². The number of aromatic nitrogens is 2. The molecule has 1 aromatic heterocycles. The topological polar surface area (TPSA) is 71.3 Å². The molecule has 6 nitrogen and oxygen atoms in total. The molecule has 2 atom stereocenters. The first-order valence-electron chi connectivity index (χ1n) is 12.3. The van der Waals surface area contributed by atoms with Gasteiger partial charge in [-0.05, 0) is 57.2 Å². The van der Waals surface area contributed by atoms with E-state index in [4.69, 9.17) is 4.52 Å². The fourth-order valence-electron chi connectivity index (χ4n) is 4.79. The minimum Gasteiger partial charge on any atom is -0.349 e. The van der Waals surface area contributed by atoms with Crippen LogP contribution in [-0.4, -0.2) is 34.0 Å². The van der Waals surface area contributed by atoms with Gasteiger partial charge >= 0.3 is 0 Å². The number of nitrogens with zero attached hydrogens (tertiary/aromatic N) is 3. The van der Waals surface area contributed by atoms with Crippen LogP contribution in [0.5, 0.6) is 0 Å². The third-order valence-corrected chi connectivity index (χ3v) is 6.74. The minimum absolute atomic E-state index is 0.0106. The van der Waals surface area contributed by atoms with Gasteiger partial charge < -0.3 is 9.84 Å². The first-order valence-corrected chi connectivity index (χ1v) is 12.3. The molecule has 0 saturated carbocycles. The predicted octanol–water partition coefficient (Wildman–Crippen LogP) is 5.39. The number of likely N-dealkylation sites (tertiary alicyclic amines) is 1. The Morgan fingerprint density at radius 2 is 1.85 bits per heavy atom. The van der Waals surface area contributed by atoms with E-state index in [1.54, 1.807) is 0 Å². The van der Waals surface area contributed by atoms with Gasteiger partial charge in [0.05, 0.1) is 18.5 Å². The third kappa shape index (κ3) is 5.73. The largest absolute Gasteiger partial charge is 0.349 e. The van der Waals surface area contributed by atoms with Crippen LogP contribution < -0.4 is 5.32 Å². The van der Waals surface area contributed by atoms with Gasteiger partial charge in [-0.25, -0.2) is 0 Å². The van der Waals surface area contributed by atoms with Crippen LogP contribution in [-0.2, 0) is 11.3 Å². The van der Waals surface area contributed by atoms with Gasteiger partial charge in [-0.1, -0.05) is 72.6 Å². The lowest BCUT2D eigenvalue weighted by Crippen LogP contribution is -2.44. The van der Waals surface area contributed by atoms with E-state index in [1.165, 1.54) is 22.3 Å². The lowest BCUT2D eigenvalue weighted by atomic mass is 9.90. The Morgan fingerprint density at radius 1 is 1.12 bits per heavy atom. The Bertz CT molecular complexity index is 1120. The molecular formula is C28H36N4O2. The van der Waals surface area contributed by atoms with Gasteiger partial charge in [0.25, 0.3) is 0 Å². The van der Waals surface area contributed by atoms with Crippen LogP contribution in [0, 0.1) is 32.6 Å². The van der Waals surface area contributed by atoms with Crippen LogP contribution in [0.3, 0.4) is 0 Å². The second-order valence-corrected chi connectivity index (χ2v) is 10.0. The zero-order valence-electron chi connectivity index (χ0n) is 21.0. The van der Waals surface area contributed by atoms with Crippen molar-refractivity contribution in [3.8, 4) is 11.4 Å². The van der Waals surface area contributed by atoms with E-state index in [1.807, 2.05) is 24.3 Å². The van der Waals surface area contributed by atoms with Crippen LogP contribution in [0.15, 0.2) is 47.0 Å². The molecule has 0 spiro atoms. The van der Waals surface area contributed by atoms with Crippen LogP contribution >= 0.6 is 0 Å². The van der Waals surface area contributed by atoms with Crippen molar-refractivity contribution < 1.29 is 9.32 Å². The molecule has 2 heterocycles. The summed E-state index contributed by atoms with van der Waals surface area (Å²) in [6.07, 6.45) is 1.88. The molecule has 6 heteroatoms. The molecule has 1 amide bonds. The van der Waals surface area contributed by atoms with Crippen molar-refractivity contribution in [2.45, 2.75) is 60.0 Å². The summed E-state index contributed by atoms with van der Waals surface area (Å²) in [5.41, 5.74) is 5.82. The number of hydrogen-bond donors (Lipinski definition) is 1. The maximum absolute atomic E-state index is 13.3. The van der Waals surface area contributed by atoms with Crippen LogP contribution in [0.2, 0.25) is 0 Å². The van der Waals surface area contributed by atoms with E-state index >= 15 is 0 Å². The summed E-state index contributed by atoms with van der Waals surface area (Å²) < 4.78 is 5.52. The number of aryl methyl sites for hydroxylation is 3. The van der Waals surface area contributed by atoms with Crippen LogP contribution in [0.25, 0.3) is 11.4 Å². The molecule has 1 aliphatic rings. The molecule has 3 aromatic rings. The number of benzene rings is 2. The maximum atomic E-state index is 13.3. The summed E-state index contributed by atoms with van der Waals surface area (Å²) >= 11 is 0. The van der Waals surface area contributed by atoms with E-state index in [0.717, 1.165) is 24.9 Å². The smallest absolute Gasteiger partial charge is 0.241 e. The van der Waals surface area contributed by atoms with Gasteiger partial charge in [0.1, 0.15) is 0 Å². The number of carbonyl (C=O) groups excluding carboxylic acids is 1. The fourth-order valence-corrected chi connectivity index (χ4v) is 4.79. The average molecular weight is 461 g/mol. The predicted molar refractivity (Wildman–Crippen MR) is 134 cm³/mol. The standard InChI is InChI=1S/C28H36N4O2/c1-18(2)26(24-13-10-20(4)15-21(24)5)30-28(33)23-7-6-14-32(16-23)17-25-29-27(31-34-25)22-11-8-19(3)9-12-22/h8-13,15,18,23,26H,6-7,14,16-17H2,1-5H3,(H,30,33). The Labute approximate surface area is 202 Å². The lowest BCUT2D eigenvalue weighted by Gasteiger charge is -2.33. The zero-order valence-corrected chi connectivity index (χ0v) is 21.0. The van der Waals surface area contributed by atoms with E-state index in [-0.39, 0.29) is 17.9 Å². The van der Waals surface area contributed by atoms with Crippen molar-refractivity contribution in [1.82, 2.24) is 20.4 Å². The van der Waals surface area contributed by atoms with Gasteiger partial charge in [0.15, 0.2) is 0 Å². The molecule has 1 fully saturated rings. The van der Waals surface area contributed by atoms with Crippen molar-refractivity contribution >= 4 is 5.91 Å². The van der Waals surface area contributed by atoms with Gasteiger partial charge in [-0.3, -0.25) is 9.69 Å². The van der Waals surface area contributed by atoms with Gasteiger partial charge in [-0.15, -0.1) is 0 Å². The SMILES string of the molecule is Cc1ccc(-c2noc(CN3CCCC(C(=O)NC(c4ccc(C)cc4C)C(C)C)C3)n2)cc1. The highest BCUT2D eigenvalue weighted by Gasteiger charge is 2.29. The Kier molecular flexibility index (Phi) is 7.47. The second-order valence-electron chi connectivity index (χ2n) is 10.0. The van der Waals surface area contributed by atoms with E-state index in [2.05, 4.69) is 73.2 Å². The zero-order chi connectivity index (χ0) is 24.2. The molecule has 0 aliphatic carbocycles. The normalized spacial score (nSPS) is 17.6. The summed E-state index contributed by atoms with van der Waals surface area (Å²) in [5, 5.41) is 7.51. The first kappa shape index (κ1) is 24.1. The Hall–Kier alpha value is -2.99. The molecule has 180 valence electrons. The molecule has 1 aliphatic heterocycles. The number of carbonyl (C=O) groups is 1. The summed E-state index contributed by atoms with van der Waals surface area (Å²) in [7, 11) is 0. The van der Waals surface area contributed by atoms with Gasteiger partial charge in [0, 0.05) is 12.1 Å². The van der Waals surface area contributed by atoms with Gasteiger partial charge in [-0.2, -0.15) is 4.98 Å².